The Morgan fingerprint density at radius 3 is 2.65 bits per heavy atom. The second-order valence-corrected chi connectivity index (χ2v) is 12.5. The third kappa shape index (κ3) is 6.87. The highest BCUT2D eigenvalue weighted by Crippen LogP contribution is 2.31. The summed E-state index contributed by atoms with van der Waals surface area (Å²) in [5, 5.41) is 3.53. The predicted octanol–water partition coefficient (Wildman–Crippen LogP) is 5.77. The smallest absolute Gasteiger partial charge is 0.407 e. The zero-order valence-electron chi connectivity index (χ0n) is 23.2. The molecule has 1 fully saturated rings. The van der Waals surface area contributed by atoms with Crippen molar-refractivity contribution in [2.75, 3.05) is 26.2 Å². The molecule has 11 heteroatoms. The molecule has 2 heterocycles. The molecule has 1 amide bonds. The standard InChI is InChI=1S/C29H35F2N3O5S/c1-5-11-29(3,4)39-28(35)32-12-14-38-21-6-8-23-19(2)15-26(33-27(23)16-21)24-9-7-22(17-25(24)31)40(36,37)34-13-10-20(30)18-34/h6-9,15-17,20H,5,10-14,18H2,1-4H3,(H,32,35)/t20-/m0/s1. The molecule has 40 heavy (non-hydrogen) atoms. The fourth-order valence-corrected chi connectivity index (χ4v) is 6.29. The number of alkyl halides is 1. The van der Waals surface area contributed by atoms with Gasteiger partial charge in [-0.15, -0.1) is 0 Å². The molecular weight excluding hydrogens is 540 g/mol. The molecule has 0 unspecified atom stereocenters. The predicted molar refractivity (Wildman–Crippen MR) is 149 cm³/mol. The molecule has 0 saturated carbocycles. The normalized spacial score (nSPS) is 16.3. The molecule has 4 rings (SSSR count). The summed E-state index contributed by atoms with van der Waals surface area (Å²) in [6, 6.07) is 10.8. The maximum Gasteiger partial charge on any atom is 0.407 e. The topological polar surface area (TPSA) is 97.8 Å². The van der Waals surface area contributed by atoms with Gasteiger partial charge in [-0.1, -0.05) is 13.3 Å². The van der Waals surface area contributed by atoms with Crippen molar-refractivity contribution < 1.29 is 31.5 Å². The van der Waals surface area contributed by atoms with E-state index in [-0.39, 0.29) is 43.1 Å². The Labute approximate surface area is 233 Å². The number of ether oxygens (including phenoxy) is 2. The highest BCUT2D eigenvalue weighted by molar-refractivity contribution is 7.89. The first-order valence-corrected chi connectivity index (χ1v) is 14.8. The first-order chi connectivity index (χ1) is 18.9. The first kappa shape index (κ1) is 29.7. The largest absolute Gasteiger partial charge is 0.492 e. The van der Waals surface area contributed by atoms with E-state index in [0.717, 1.165) is 34.2 Å². The van der Waals surface area contributed by atoms with Crippen LogP contribution in [-0.4, -0.2) is 61.8 Å². The molecule has 2 aromatic carbocycles. The summed E-state index contributed by atoms with van der Waals surface area (Å²) >= 11 is 0. The zero-order valence-corrected chi connectivity index (χ0v) is 24.0. The molecule has 1 saturated heterocycles. The summed E-state index contributed by atoms with van der Waals surface area (Å²) in [6.07, 6.45) is 0.0752. The number of nitrogens with zero attached hydrogens (tertiary/aromatic N) is 2. The van der Waals surface area contributed by atoms with Gasteiger partial charge in [0, 0.05) is 30.1 Å². The van der Waals surface area contributed by atoms with Gasteiger partial charge in [0.05, 0.1) is 22.7 Å². The second-order valence-electron chi connectivity index (χ2n) is 10.6. The van der Waals surface area contributed by atoms with Crippen molar-refractivity contribution in [3.05, 3.63) is 53.8 Å². The molecule has 0 spiro atoms. The van der Waals surface area contributed by atoms with Crippen LogP contribution in [0.15, 0.2) is 47.4 Å². The minimum Gasteiger partial charge on any atom is -0.492 e. The fourth-order valence-electron chi connectivity index (χ4n) is 4.79. The molecular formula is C29H35F2N3O5S. The molecule has 0 bridgehead atoms. The number of aromatic nitrogens is 1. The summed E-state index contributed by atoms with van der Waals surface area (Å²) < 4.78 is 66.6. The van der Waals surface area contributed by atoms with E-state index in [0.29, 0.717) is 17.0 Å². The molecule has 8 nitrogen and oxygen atoms in total. The minimum atomic E-state index is -3.99. The van der Waals surface area contributed by atoms with E-state index in [2.05, 4.69) is 10.3 Å². The van der Waals surface area contributed by atoms with Gasteiger partial charge in [-0.2, -0.15) is 4.31 Å². The Hall–Kier alpha value is -3.31. The van der Waals surface area contributed by atoms with Gasteiger partial charge < -0.3 is 14.8 Å². The lowest BCUT2D eigenvalue weighted by molar-refractivity contribution is 0.0317. The molecule has 3 aromatic rings. The molecule has 1 aliphatic heterocycles. The van der Waals surface area contributed by atoms with Crippen LogP contribution in [0.2, 0.25) is 0 Å². The number of sulfonamides is 1. The number of amides is 1. The lowest BCUT2D eigenvalue weighted by Gasteiger charge is -2.24. The molecule has 216 valence electrons. The fraction of sp³-hybridized carbons (Fsp3) is 0.448. The van der Waals surface area contributed by atoms with E-state index in [1.807, 2.05) is 33.8 Å². The van der Waals surface area contributed by atoms with Crippen LogP contribution in [0.5, 0.6) is 5.75 Å². The number of nitrogens with one attached hydrogen (secondary N) is 1. The summed E-state index contributed by atoms with van der Waals surface area (Å²) in [5.74, 6) is -0.215. The van der Waals surface area contributed by atoms with E-state index < -0.39 is 33.7 Å². The van der Waals surface area contributed by atoms with Gasteiger partial charge >= 0.3 is 6.09 Å². The lowest BCUT2D eigenvalue weighted by Crippen LogP contribution is -2.36. The van der Waals surface area contributed by atoms with Crippen LogP contribution in [0.25, 0.3) is 22.2 Å². The van der Waals surface area contributed by atoms with Crippen LogP contribution in [0, 0.1) is 12.7 Å². The molecule has 1 atom stereocenters. The number of pyridine rings is 1. The van der Waals surface area contributed by atoms with E-state index in [9.17, 15) is 17.6 Å². The Morgan fingerprint density at radius 2 is 1.98 bits per heavy atom. The third-order valence-electron chi connectivity index (χ3n) is 6.80. The SMILES string of the molecule is CCCC(C)(C)OC(=O)NCCOc1ccc2c(C)cc(-c3ccc(S(=O)(=O)N4CC[C@H](F)C4)cc3F)nc2c1. The number of carbonyl (C=O) groups is 1. The minimum absolute atomic E-state index is 0.0694. The molecule has 0 aliphatic carbocycles. The van der Waals surface area contributed by atoms with Gasteiger partial charge in [-0.3, -0.25) is 0 Å². The summed E-state index contributed by atoms with van der Waals surface area (Å²) in [6.45, 7) is 7.93. The lowest BCUT2D eigenvalue weighted by atomic mass is 10.0. The van der Waals surface area contributed by atoms with Crippen LogP contribution >= 0.6 is 0 Å². The van der Waals surface area contributed by atoms with Gasteiger partial charge in [0.1, 0.15) is 29.9 Å². The van der Waals surface area contributed by atoms with Crippen molar-refractivity contribution in [1.29, 1.82) is 0 Å². The number of hydrogen-bond acceptors (Lipinski definition) is 6. The molecule has 1 aliphatic rings. The Morgan fingerprint density at radius 1 is 1.20 bits per heavy atom. The molecule has 1 aromatic heterocycles. The maximum atomic E-state index is 15.2. The van der Waals surface area contributed by atoms with E-state index in [1.54, 1.807) is 18.2 Å². The number of benzene rings is 2. The van der Waals surface area contributed by atoms with Crippen molar-refractivity contribution >= 4 is 27.0 Å². The Balaban J connectivity index is 1.46. The highest BCUT2D eigenvalue weighted by Gasteiger charge is 2.33. The second kappa shape index (κ2) is 12.1. The number of aryl methyl sites for hydroxylation is 1. The maximum absolute atomic E-state index is 15.2. The first-order valence-electron chi connectivity index (χ1n) is 13.3. The summed E-state index contributed by atoms with van der Waals surface area (Å²) in [5.41, 5.74) is 1.37. The zero-order chi connectivity index (χ0) is 29.1. The number of carbonyl (C=O) groups excluding carboxylic acids is 1. The Bertz CT molecular complexity index is 1500. The molecule has 1 N–H and O–H groups in total. The third-order valence-corrected chi connectivity index (χ3v) is 8.66. The number of hydrogen-bond donors (Lipinski definition) is 1. The van der Waals surface area contributed by atoms with Crippen molar-refractivity contribution in [3.8, 4) is 17.0 Å². The van der Waals surface area contributed by atoms with E-state index in [1.165, 1.54) is 12.1 Å². The van der Waals surface area contributed by atoms with Gasteiger partial charge in [0.25, 0.3) is 0 Å². The summed E-state index contributed by atoms with van der Waals surface area (Å²) in [4.78, 5) is 16.4. The monoisotopic (exact) mass is 575 g/mol. The Kier molecular flexibility index (Phi) is 8.94. The van der Waals surface area contributed by atoms with E-state index >= 15 is 4.39 Å². The highest BCUT2D eigenvalue weighted by atomic mass is 32.2. The van der Waals surface area contributed by atoms with Crippen molar-refractivity contribution in [3.63, 3.8) is 0 Å². The van der Waals surface area contributed by atoms with Gasteiger partial charge in [-0.25, -0.2) is 27.0 Å². The van der Waals surface area contributed by atoms with Crippen LogP contribution < -0.4 is 10.1 Å². The summed E-state index contributed by atoms with van der Waals surface area (Å²) in [7, 11) is -3.99. The van der Waals surface area contributed by atoms with Crippen LogP contribution in [0.1, 0.15) is 45.6 Å². The average Bonchev–Trinajstić information content (AvgIpc) is 3.33. The van der Waals surface area contributed by atoms with Crippen molar-refractivity contribution in [2.45, 2.75) is 63.6 Å². The van der Waals surface area contributed by atoms with Crippen molar-refractivity contribution in [2.24, 2.45) is 0 Å². The van der Waals surface area contributed by atoms with E-state index in [4.69, 9.17) is 9.47 Å². The molecule has 0 radical (unpaired) electrons. The number of alkyl carbamates (subject to hydrolysis) is 1. The van der Waals surface area contributed by atoms with Crippen LogP contribution in [0.4, 0.5) is 13.6 Å². The van der Waals surface area contributed by atoms with Crippen molar-refractivity contribution in [1.82, 2.24) is 14.6 Å². The number of rotatable bonds is 10. The number of fused-ring (bicyclic) bond motifs is 1. The quantitative estimate of drug-likeness (QED) is 0.309. The van der Waals surface area contributed by atoms with Crippen LogP contribution in [0.3, 0.4) is 0 Å². The average molecular weight is 576 g/mol. The van der Waals surface area contributed by atoms with Gasteiger partial charge in [0.15, 0.2) is 0 Å². The van der Waals surface area contributed by atoms with Crippen LogP contribution in [-0.2, 0) is 14.8 Å². The van der Waals surface area contributed by atoms with Gasteiger partial charge in [-0.05, 0) is 75.6 Å². The number of halogens is 2. The van der Waals surface area contributed by atoms with Gasteiger partial charge in [0.2, 0.25) is 10.0 Å².